The number of piperidine rings is 1. The van der Waals surface area contributed by atoms with Gasteiger partial charge in [-0.25, -0.2) is 17.9 Å². The molecule has 6 rings (SSSR count). The summed E-state index contributed by atoms with van der Waals surface area (Å²) in [5, 5.41) is 11.5. The number of anilines is 1. The molecule has 0 saturated carbocycles. The molecule has 1 N–H and O–H groups in total. The van der Waals surface area contributed by atoms with E-state index >= 15 is 0 Å². The first-order chi connectivity index (χ1) is 22.1. The minimum atomic E-state index is -3.09. The second-order valence-electron chi connectivity index (χ2n) is 11.0. The van der Waals surface area contributed by atoms with E-state index in [2.05, 4.69) is 25.4 Å². The van der Waals surface area contributed by atoms with Crippen molar-refractivity contribution >= 4 is 44.7 Å². The van der Waals surface area contributed by atoms with Crippen molar-refractivity contribution in [2.75, 3.05) is 49.3 Å². The van der Waals surface area contributed by atoms with Crippen LogP contribution in [0.2, 0.25) is 0 Å². The quantitative estimate of drug-likeness (QED) is 0.263. The number of ether oxygens (including phenoxy) is 1. The first kappa shape index (κ1) is 31.9. The highest BCUT2D eigenvalue weighted by molar-refractivity contribution is 7.98. The van der Waals surface area contributed by atoms with E-state index in [-0.39, 0.29) is 58.3 Å². The van der Waals surface area contributed by atoms with Gasteiger partial charge in [-0.1, -0.05) is 0 Å². The van der Waals surface area contributed by atoms with Gasteiger partial charge in [-0.3, -0.25) is 19.2 Å². The lowest BCUT2D eigenvalue weighted by Gasteiger charge is -2.40. The number of likely N-dealkylation sites (tertiary alicyclic amines) is 1. The van der Waals surface area contributed by atoms with Crippen LogP contribution in [0.15, 0.2) is 53.9 Å². The number of aromatic nitrogens is 5. The zero-order chi connectivity index (χ0) is 32.4. The van der Waals surface area contributed by atoms with Gasteiger partial charge in [0.25, 0.3) is 5.91 Å². The van der Waals surface area contributed by atoms with Crippen LogP contribution in [0.25, 0.3) is 16.9 Å². The van der Waals surface area contributed by atoms with Crippen molar-refractivity contribution in [3.8, 4) is 17.0 Å². The highest BCUT2D eigenvalue weighted by Gasteiger charge is 2.31. The Kier molecular flexibility index (Phi) is 9.24. The van der Waals surface area contributed by atoms with Crippen LogP contribution in [0, 0.1) is 0 Å². The zero-order valence-corrected chi connectivity index (χ0v) is 26.5. The maximum atomic E-state index is 13.4. The highest BCUT2D eigenvalue weighted by atomic mass is 32.2. The van der Waals surface area contributed by atoms with E-state index < -0.39 is 22.4 Å². The standard InChI is InChI=1S/C29H32F2N8O5S2/c1-45-20-3-4-24(44-29(30)31)21(15-20)26-23(34-28(41)22-16-33-39-8-2-7-32-27(22)39)17-38(35-26)18-25(40)37-9-5-19(6-10-37)36-11-13-46(42,43)14-12-36/h2-4,7-8,15-17,19,29H,5-6,9-14,18H2,1H3,(H,34,41). The number of rotatable bonds is 9. The Morgan fingerprint density at radius 1 is 1.15 bits per heavy atom. The predicted octanol–water partition coefficient (Wildman–Crippen LogP) is 2.89. The van der Waals surface area contributed by atoms with Crippen LogP contribution < -0.4 is 10.1 Å². The summed E-state index contributed by atoms with van der Waals surface area (Å²) in [6.07, 6.45) is 9.32. The Morgan fingerprint density at radius 2 is 1.91 bits per heavy atom. The molecule has 3 aromatic heterocycles. The van der Waals surface area contributed by atoms with Gasteiger partial charge in [0.05, 0.1) is 23.4 Å². The van der Waals surface area contributed by atoms with E-state index in [9.17, 15) is 26.8 Å². The Bertz CT molecular complexity index is 1840. The number of thioether (sulfide) groups is 1. The molecule has 13 nitrogen and oxygen atoms in total. The number of alkyl halides is 2. The molecular formula is C29H32F2N8O5S2. The lowest BCUT2D eigenvalue weighted by Crippen LogP contribution is -2.51. The fourth-order valence-corrected chi connectivity index (χ4v) is 7.47. The van der Waals surface area contributed by atoms with Crippen molar-refractivity contribution in [2.45, 2.75) is 36.9 Å². The largest absolute Gasteiger partial charge is 0.434 e. The third-order valence-electron chi connectivity index (χ3n) is 8.20. The molecule has 0 bridgehead atoms. The van der Waals surface area contributed by atoms with Crippen LogP contribution in [0.1, 0.15) is 23.2 Å². The molecule has 2 aliphatic heterocycles. The normalized spacial score (nSPS) is 17.4. The number of carbonyl (C=O) groups excluding carboxylic acids is 2. The smallest absolute Gasteiger partial charge is 0.387 e. The highest BCUT2D eigenvalue weighted by Crippen LogP contribution is 2.38. The van der Waals surface area contributed by atoms with Crippen LogP contribution in [0.5, 0.6) is 5.75 Å². The number of amides is 2. The van der Waals surface area contributed by atoms with Gasteiger partial charge in [0.15, 0.2) is 15.5 Å². The number of nitrogens with zero attached hydrogens (tertiary/aromatic N) is 7. The summed E-state index contributed by atoms with van der Waals surface area (Å²) >= 11 is 1.39. The van der Waals surface area contributed by atoms with E-state index in [1.54, 1.807) is 29.3 Å². The van der Waals surface area contributed by atoms with Crippen molar-refractivity contribution in [3.05, 3.63) is 54.6 Å². The Hall–Kier alpha value is -4.09. The van der Waals surface area contributed by atoms with Crippen LogP contribution in [0.4, 0.5) is 14.5 Å². The van der Waals surface area contributed by atoms with Gasteiger partial charge in [-0.05, 0) is 43.4 Å². The Balaban J connectivity index is 1.24. The van der Waals surface area contributed by atoms with E-state index in [0.717, 1.165) is 17.7 Å². The zero-order valence-electron chi connectivity index (χ0n) is 24.9. The van der Waals surface area contributed by atoms with Gasteiger partial charge in [-0.15, -0.1) is 11.8 Å². The second-order valence-corrected chi connectivity index (χ2v) is 14.2. The van der Waals surface area contributed by atoms with Crippen molar-refractivity contribution in [1.29, 1.82) is 0 Å². The van der Waals surface area contributed by atoms with Gasteiger partial charge >= 0.3 is 6.61 Å². The van der Waals surface area contributed by atoms with Crippen LogP contribution in [-0.2, 0) is 21.2 Å². The molecule has 2 fully saturated rings. The number of hydrogen-bond acceptors (Lipinski definition) is 10. The molecule has 244 valence electrons. The van der Waals surface area contributed by atoms with E-state index in [1.165, 1.54) is 45.6 Å². The average Bonchev–Trinajstić information content (AvgIpc) is 3.65. The maximum Gasteiger partial charge on any atom is 0.387 e. The van der Waals surface area contributed by atoms with Gasteiger partial charge in [0, 0.05) is 61.3 Å². The maximum absolute atomic E-state index is 13.4. The molecule has 5 heterocycles. The molecule has 2 amide bonds. The number of fused-ring (bicyclic) bond motifs is 1. The number of nitrogens with one attached hydrogen (secondary N) is 1. The number of halogens is 2. The number of hydrogen-bond donors (Lipinski definition) is 1. The van der Waals surface area contributed by atoms with Crippen molar-refractivity contribution < 1.29 is 31.5 Å². The van der Waals surface area contributed by atoms with Crippen LogP contribution in [0.3, 0.4) is 0 Å². The van der Waals surface area contributed by atoms with Crippen molar-refractivity contribution in [2.24, 2.45) is 0 Å². The minimum Gasteiger partial charge on any atom is -0.434 e. The fraction of sp³-hybridized carbons (Fsp3) is 0.414. The molecule has 0 unspecified atom stereocenters. The molecule has 0 radical (unpaired) electrons. The van der Waals surface area contributed by atoms with Crippen LogP contribution >= 0.6 is 11.8 Å². The van der Waals surface area contributed by atoms with Gasteiger partial charge < -0.3 is 15.0 Å². The number of carbonyl (C=O) groups is 2. The molecule has 0 atom stereocenters. The predicted molar refractivity (Wildman–Crippen MR) is 167 cm³/mol. The lowest BCUT2D eigenvalue weighted by molar-refractivity contribution is -0.133. The fourth-order valence-electron chi connectivity index (χ4n) is 5.80. The summed E-state index contributed by atoms with van der Waals surface area (Å²) in [7, 11) is -2.97. The van der Waals surface area contributed by atoms with Gasteiger partial charge in [0.1, 0.15) is 23.6 Å². The Labute approximate surface area is 267 Å². The Morgan fingerprint density at radius 3 is 2.63 bits per heavy atom. The topological polar surface area (TPSA) is 144 Å². The summed E-state index contributed by atoms with van der Waals surface area (Å²) in [6, 6.07) is 6.58. The van der Waals surface area contributed by atoms with Gasteiger partial charge in [0.2, 0.25) is 5.91 Å². The van der Waals surface area contributed by atoms with E-state index in [0.29, 0.717) is 31.8 Å². The first-order valence-corrected chi connectivity index (χ1v) is 17.7. The molecular weight excluding hydrogens is 642 g/mol. The minimum absolute atomic E-state index is 0.134. The molecule has 4 aromatic rings. The molecule has 1 aromatic carbocycles. The van der Waals surface area contributed by atoms with Crippen LogP contribution in [-0.4, -0.2) is 111 Å². The first-order valence-electron chi connectivity index (χ1n) is 14.6. The monoisotopic (exact) mass is 674 g/mol. The van der Waals surface area contributed by atoms with Crippen molar-refractivity contribution in [3.63, 3.8) is 0 Å². The molecule has 46 heavy (non-hydrogen) atoms. The van der Waals surface area contributed by atoms with E-state index in [4.69, 9.17) is 4.74 Å². The summed E-state index contributed by atoms with van der Waals surface area (Å²) < 4.78 is 58.0. The summed E-state index contributed by atoms with van der Waals surface area (Å²) in [5.41, 5.74) is 1.06. The lowest BCUT2D eigenvalue weighted by atomic mass is 10.0. The van der Waals surface area contributed by atoms with Gasteiger partial charge in [-0.2, -0.15) is 19.0 Å². The third-order valence-corrected chi connectivity index (χ3v) is 10.5. The molecule has 0 spiro atoms. The third kappa shape index (κ3) is 7.00. The van der Waals surface area contributed by atoms with E-state index in [1.807, 2.05) is 6.26 Å². The second kappa shape index (κ2) is 13.3. The summed E-state index contributed by atoms with van der Waals surface area (Å²) in [6.45, 7) is -1.22. The molecule has 2 saturated heterocycles. The SMILES string of the molecule is CSc1ccc(OC(F)F)c(-c2nn(CC(=O)N3CCC(N4CCS(=O)(=O)CC4)CC3)cc2NC(=O)c2cnn3cccnc23)c1. The summed E-state index contributed by atoms with van der Waals surface area (Å²) in [5.74, 6) is -0.564. The number of sulfone groups is 1. The average molecular weight is 675 g/mol. The molecule has 17 heteroatoms. The van der Waals surface area contributed by atoms with Crippen molar-refractivity contribution in [1.82, 2.24) is 34.2 Å². The summed E-state index contributed by atoms with van der Waals surface area (Å²) in [4.78, 5) is 35.7. The number of benzene rings is 1. The molecule has 2 aliphatic rings. The molecule has 0 aliphatic carbocycles.